The molecule has 0 spiro atoms. The molecule has 0 aliphatic heterocycles. The molecule has 138 valence electrons. The predicted molar refractivity (Wildman–Crippen MR) is 121 cm³/mol. The number of rotatable bonds is 2. The topological polar surface area (TPSA) is 35.6 Å². The highest BCUT2D eigenvalue weighted by Crippen LogP contribution is 2.29. The molecule has 0 bridgehead atoms. The minimum Gasteiger partial charge on any atom is -0.327 e. The number of aryl methyl sites for hydroxylation is 2. The summed E-state index contributed by atoms with van der Waals surface area (Å²) in [5.41, 5.74) is 6.36. The molecule has 0 unspecified atom stereocenters. The Morgan fingerprint density at radius 1 is 0.607 bits per heavy atom. The zero-order valence-electron chi connectivity index (χ0n) is 15.3. The fraction of sp³-hybridized carbons (Fsp3) is 0.0909. The SMILES string of the molecule is Cn1c(-c2ccc(-c3nc4cc(Br)ccc4n3C)cc2)nc2cc(Br)ccc21. The van der Waals surface area contributed by atoms with Gasteiger partial charge in [-0.25, -0.2) is 9.97 Å². The number of imidazole rings is 2. The number of halogens is 2. The van der Waals surface area contributed by atoms with Gasteiger partial charge in [0.2, 0.25) is 0 Å². The summed E-state index contributed by atoms with van der Waals surface area (Å²) in [6, 6.07) is 20.8. The van der Waals surface area contributed by atoms with Crippen LogP contribution in [0.15, 0.2) is 69.6 Å². The van der Waals surface area contributed by atoms with Crippen molar-refractivity contribution >= 4 is 53.9 Å². The highest BCUT2D eigenvalue weighted by Gasteiger charge is 2.13. The van der Waals surface area contributed by atoms with E-state index in [0.717, 1.165) is 53.8 Å². The molecule has 2 heterocycles. The van der Waals surface area contributed by atoms with Crippen LogP contribution in [0.3, 0.4) is 0 Å². The Labute approximate surface area is 179 Å². The highest BCUT2D eigenvalue weighted by molar-refractivity contribution is 9.10. The summed E-state index contributed by atoms with van der Waals surface area (Å²) in [7, 11) is 4.10. The van der Waals surface area contributed by atoms with Crippen molar-refractivity contribution in [2.75, 3.05) is 0 Å². The molecule has 0 saturated heterocycles. The lowest BCUT2D eigenvalue weighted by Crippen LogP contribution is -1.94. The van der Waals surface area contributed by atoms with Gasteiger partial charge in [-0.15, -0.1) is 0 Å². The zero-order chi connectivity index (χ0) is 19.4. The summed E-state index contributed by atoms with van der Waals surface area (Å²) in [6.07, 6.45) is 0. The zero-order valence-corrected chi connectivity index (χ0v) is 18.5. The van der Waals surface area contributed by atoms with Gasteiger partial charge in [0.05, 0.1) is 22.1 Å². The van der Waals surface area contributed by atoms with Gasteiger partial charge in [0.15, 0.2) is 0 Å². The third-order valence-corrected chi connectivity index (χ3v) is 6.07. The Bertz CT molecular complexity index is 1240. The molecule has 4 nitrogen and oxygen atoms in total. The van der Waals surface area contributed by atoms with Gasteiger partial charge < -0.3 is 9.13 Å². The number of benzene rings is 3. The predicted octanol–water partition coefficient (Wildman–Crippen LogP) is 6.32. The van der Waals surface area contributed by atoms with E-state index < -0.39 is 0 Å². The summed E-state index contributed by atoms with van der Waals surface area (Å²) < 4.78 is 6.33. The van der Waals surface area contributed by atoms with E-state index in [-0.39, 0.29) is 0 Å². The monoisotopic (exact) mass is 494 g/mol. The average molecular weight is 496 g/mol. The highest BCUT2D eigenvalue weighted by atomic mass is 79.9. The molecule has 0 fully saturated rings. The third kappa shape index (κ3) is 2.79. The van der Waals surface area contributed by atoms with E-state index in [2.05, 4.69) is 91.5 Å². The molecule has 0 N–H and O–H groups in total. The van der Waals surface area contributed by atoms with Crippen LogP contribution in [0.5, 0.6) is 0 Å². The maximum atomic E-state index is 4.81. The molecule has 3 aromatic carbocycles. The second-order valence-electron chi connectivity index (χ2n) is 6.83. The van der Waals surface area contributed by atoms with E-state index >= 15 is 0 Å². The lowest BCUT2D eigenvalue weighted by molar-refractivity contribution is 0.956. The van der Waals surface area contributed by atoms with E-state index in [0.29, 0.717) is 0 Å². The normalized spacial score (nSPS) is 11.6. The average Bonchev–Trinajstić information content (AvgIpc) is 3.18. The molecular formula is C22H16Br2N4. The van der Waals surface area contributed by atoms with Crippen molar-refractivity contribution in [3.63, 3.8) is 0 Å². The van der Waals surface area contributed by atoms with Crippen LogP contribution in [-0.4, -0.2) is 19.1 Å². The second-order valence-corrected chi connectivity index (χ2v) is 8.66. The van der Waals surface area contributed by atoms with Crippen LogP contribution in [0.1, 0.15) is 0 Å². The lowest BCUT2D eigenvalue weighted by atomic mass is 10.1. The minimum absolute atomic E-state index is 0.952. The molecule has 5 rings (SSSR count). The number of hydrogen-bond acceptors (Lipinski definition) is 2. The first-order valence-electron chi connectivity index (χ1n) is 8.86. The van der Waals surface area contributed by atoms with Crippen molar-refractivity contribution in [1.82, 2.24) is 19.1 Å². The van der Waals surface area contributed by atoms with Crippen LogP contribution >= 0.6 is 31.9 Å². The quantitative estimate of drug-likeness (QED) is 0.287. The first-order valence-corrected chi connectivity index (χ1v) is 10.4. The molecule has 0 aliphatic rings. The molecule has 28 heavy (non-hydrogen) atoms. The van der Waals surface area contributed by atoms with Gasteiger partial charge in [-0.3, -0.25) is 0 Å². The van der Waals surface area contributed by atoms with Crippen LogP contribution in [-0.2, 0) is 14.1 Å². The lowest BCUT2D eigenvalue weighted by Gasteiger charge is -2.06. The largest absolute Gasteiger partial charge is 0.327 e. The molecule has 2 aromatic heterocycles. The van der Waals surface area contributed by atoms with E-state index in [1.54, 1.807) is 0 Å². The molecule has 0 amide bonds. The second kappa shape index (κ2) is 6.57. The Kier molecular flexibility index (Phi) is 4.14. The van der Waals surface area contributed by atoms with Gasteiger partial charge in [-0.1, -0.05) is 56.1 Å². The van der Waals surface area contributed by atoms with Gasteiger partial charge in [0, 0.05) is 34.2 Å². The van der Waals surface area contributed by atoms with E-state index in [1.807, 2.05) is 24.3 Å². The standard InChI is InChI=1S/C22H16Br2N4/c1-27-19-9-7-15(23)11-17(19)25-21(27)13-3-5-14(6-4-13)22-26-18-12-16(24)8-10-20(18)28(22)2/h3-12H,1-2H3. The maximum Gasteiger partial charge on any atom is 0.140 e. The van der Waals surface area contributed by atoms with Crippen LogP contribution in [0.25, 0.3) is 44.8 Å². The smallest absolute Gasteiger partial charge is 0.140 e. The maximum absolute atomic E-state index is 4.81. The van der Waals surface area contributed by atoms with Crippen LogP contribution < -0.4 is 0 Å². The van der Waals surface area contributed by atoms with Crippen molar-refractivity contribution in [3.8, 4) is 22.8 Å². The Hall–Kier alpha value is -2.44. The number of aromatic nitrogens is 4. The van der Waals surface area contributed by atoms with Crippen LogP contribution in [0, 0.1) is 0 Å². The van der Waals surface area contributed by atoms with Crippen molar-refractivity contribution in [2.24, 2.45) is 14.1 Å². The summed E-state index contributed by atoms with van der Waals surface area (Å²) in [5, 5.41) is 0. The fourth-order valence-corrected chi connectivity index (χ4v) is 4.33. The summed E-state index contributed by atoms with van der Waals surface area (Å²) in [4.78, 5) is 9.63. The number of fused-ring (bicyclic) bond motifs is 2. The van der Waals surface area contributed by atoms with Gasteiger partial charge in [-0.05, 0) is 36.4 Å². The Morgan fingerprint density at radius 3 is 1.39 bits per heavy atom. The number of nitrogens with zero attached hydrogens (tertiary/aromatic N) is 4. The Morgan fingerprint density at radius 2 is 1.00 bits per heavy atom. The molecule has 0 atom stereocenters. The van der Waals surface area contributed by atoms with E-state index in [1.165, 1.54) is 0 Å². The molecular weight excluding hydrogens is 480 g/mol. The summed E-state index contributed by atoms with van der Waals surface area (Å²) in [5.74, 6) is 1.90. The molecule has 0 saturated carbocycles. The molecule has 0 radical (unpaired) electrons. The van der Waals surface area contributed by atoms with Crippen LogP contribution in [0.2, 0.25) is 0 Å². The first-order chi connectivity index (χ1) is 13.5. The van der Waals surface area contributed by atoms with E-state index in [9.17, 15) is 0 Å². The van der Waals surface area contributed by atoms with Gasteiger partial charge in [0.25, 0.3) is 0 Å². The summed E-state index contributed by atoms with van der Waals surface area (Å²) >= 11 is 7.04. The van der Waals surface area contributed by atoms with Crippen molar-refractivity contribution in [3.05, 3.63) is 69.6 Å². The minimum atomic E-state index is 0.952. The van der Waals surface area contributed by atoms with Crippen molar-refractivity contribution in [2.45, 2.75) is 0 Å². The molecule has 0 aliphatic carbocycles. The van der Waals surface area contributed by atoms with Gasteiger partial charge in [-0.2, -0.15) is 0 Å². The van der Waals surface area contributed by atoms with Crippen molar-refractivity contribution in [1.29, 1.82) is 0 Å². The van der Waals surface area contributed by atoms with E-state index in [4.69, 9.17) is 9.97 Å². The third-order valence-electron chi connectivity index (χ3n) is 5.09. The Balaban J connectivity index is 1.58. The summed E-state index contributed by atoms with van der Waals surface area (Å²) in [6.45, 7) is 0. The van der Waals surface area contributed by atoms with Gasteiger partial charge >= 0.3 is 0 Å². The molecule has 5 aromatic rings. The first kappa shape index (κ1) is 17.6. The molecule has 6 heteroatoms. The number of hydrogen-bond donors (Lipinski definition) is 0. The van der Waals surface area contributed by atoms with Crippen molar-refractivity contribution < 1.29 is 0 Å². The fourth-order valence-electron chi connectivity index (χ4n) is 3.63. The van der Waals surface area contributed by atoms with Crippen LogP contribution in [0.4, 0.5) is 0 Å². The van der Waals surface area contributed by atoms with Gasteiger partial charge in [0.1, 0.15) is 11.6 Å².